The average molecular weight is 426 g/mol. The average Bonchev–Trinajstić information content (AvgIpc) is 3.06. The van der Waals surface area contributed by atoms with Crippen molar-refractivity contribution >= 4 is 16.7 Å². The summed E-state index contributed by atoms with van der Waals surface area (Å²) in [6, 6.07) is 7.23. The van der Waals surface area contributed by atoms with Crippen molar-refractivity contribution < 1.29 is 26.3 Å². The smallest absolute Gasteiger partial charge is 0.304 e. The quantitative estimate of drug-likeness (QED) is 0.446. The number of fused-ring (bicyclic) bond motifs is 2. The Morgan fingerprint density at radius 3 is 2.33 bits per heavy atom. The number of benzene rings is 1. The van der Waals surface area contributed by atoms with Crippen LogP contribution in [-0.2, 0) is 18.9 Å². The molecule has 0 aliphatic rings. The van der Waals surface area contributed by atoms with Crippen LogP contribution in [0.4, 0.5) is 26.3 Å². The highest BCUT2D eigenvalue weighted by Crippen LogP contribution is 2.32. The van der Waals surface area contributed by atoms with Gasteiger partial charge in [0, 0.05) is 11.9 Å². The number of alkyl halides is 6. The molecule has 5 nitrogen and oxygen atoms in total. The van der Waals surface area contributed by atoms with Crippen LogP contribution in [0.3, 0.4) is 0 Å². The van der Waals surface area contributed by atoms with Crippen LogP contribution < -0.4 is 5.56 Å². The lowest BCUT2D eigenvalue weighted by molar-refractivity contribution is -0.142. The topological polar surface area (TPSA) is 52.2 Å². The highest BCUT2D eigenvalue weighted by Gasteiger charge is 2.38. The Labute approximate surface area is 164 Å². The van der Waals surface area contributed by atoms with Gasteiger partial charge in [-0.3, -0.25) is 9.36 Å². The maximum Gasteiger partial charge on any atom is 0.438 e. The lowest BCUT2D eigenvalue weighted by atomic mass is 10.1. The standard InChI is InChI=1S/C19H12F6N4O/c1-10-3-2-4-15-26-12(8-28(10)15)9-29-14-7-11(18(20,21)22)5-6-13(14)27-16(17(29)30)19(23,24)25/h2-8H,9H2,1H3. The van der Waals surface area contributed by atoms with E-state index in [9.17, 15) is 31.1 Å². The van der Waals surface area contributed by atoms with Gasteiger partial charge in [-0.25, -0.2) is 9.97 Å². The Morgan fingerprint density at radius 1 is 0.967 bits per heavy atom. The third-order valence-electron chi connectivity index (χ3n) is 4.61. The van der Waals surface area contributed by atoms with E-state index in [0.29, 0.717) is 22.3 Å². The molecule has 30 heavy (non-hydrogen) atoms. The maximum atomic E-state index is 13.3. The number of hydrogen-bond donors (Lipinski definition) is 0. The van der Waals surface area contributed by atoms with Gasteiger partial charge in [0.2, 0.25) is 5.69 Å². The van der Waals surface area contributed by atoms with Crippen LogP contribution >= 0.6 is 0 Å². The highest BCUT2D eigenvalue weighted by molar-refractivity contribution is 5.76. The minimum Gasteiger partial charge on any atom is -0.304 e. The Balaban J connectivity index is 1.97. The molecule has 0 fully saturated rings. The summed E-state index contributed by atoms with van der Waals surface area (Å²) in [6.45, 7) is 1.33. The number of imidazole rings is 1. The third kappa shape index (κ3) is 3.40. The van der Waals surface area contributed by atoms with Crippen molar-refractivity contribution in [2.45, 2.75) is 25.8 Å². The molecule has 0 saturated carbocycles. The van der Waals surface area contributed by atoms with Crippen LogP contribution in [0.5, 0.6) is 0 Å². The van der Waals surface area contributed by atoms with Gasteiger partial charge in [-0.2, -0.15) is 26.3 Å². The summed E-state index contributed by atoms with van der Waals surface area (Å²) in [5, 5.41) is 0. The minimum atomic E-state index is -5.06. The monoisotopic (exact) mass is 426 g/mol. The van der Waals surface area contributed by atoms with Crippen molar-refractivity contribution in [1.82, 2.24) is 18.9 Å². The summed E-state index contributed by atoms with van der Waals surface area (Å²) in [5.41, 5.74) is -3.60. The summed E-state index contributed by atoms with van der Waals surface area (Å²) in [4.78, 5) is 20.1. The van der Waals surface area contributed by atoms with Crippen LogP contribution in [0.25, 0.3) is 16.7 Å². The van der Waals surface area contributed by atoms with Crippen LogP contribution in [0.2, 0.25) is 0 Å². The molecule has 0 amide bonds. The van der Waals surface area contributed by atoms with E-state index in [2.05, 4.69) is 9.97 Å². The van der Waals surface area contributed by atoms with E-state index in [4.69, 9.17) is 0 Å². The van der Waals surface area contributed by atoms with E-state index in [1.54, 1.807) is 29.5 Å². The fraction of sp³-hybridized carbons (Fsp3) is 0.211. The first-order valence-electron chi connectivity index (χ1n) is 8.58. The molecular formula is C19H12F6N4O. The van der Waals surface area contributed by atoms with Gasteiger partial charge in [0.05, 0.1) is 28.8 Å². The van der Waals surface area contributed by atoms with Crippen molar-refractivity contribution in [2.24, 2.45) is 0 Å². The first-order chi connectivity index (χ1) is 13.9. The zero-order valence-electron chi connectivity index (χ0n) is 15.2. The molecule has 0 bridgehead atoms. The summed E-state index contributed by atoms with van der Waals surface area (Å²) < 4.78 is 81.6. The van der Waals surface area contributed by atoms with Crippen molar-refractivity contribution in [3.8, 4) is 0 Å². The van der Waals surface area contributed by atoms with Gasteiger partial charge in [0.15, 0.2) is 0 Å². The predicted octanol–water partition coefficient (Wildman–Crippen LogP) is 4.44. The zero-order valence-corrected chi connectivity index (χ0v) is 15.2. The van der Waals surface area contributed by atoms with E-state index >= 15 is 0 Å². The number of rotatable bonds is 2. The second-order valence-corrected chi connectivity index (χ2v) is 6.68. The summed E-state index contributed by atoms with van der Waals surface area (Å²) >= 11 is 0. The van der Waals surface area contributed by atoms with Gasteiger partial charge in [-0.15, -0.1) is 0 Å². The van der Waals surface area contributed by atoms with E-state index < -0.39 is 35.7 Å². The molecule has 156 valence electrons. The summed E-state index contributed by atoms with van der Waals surface area (Å²) in [5.74, 6) is 0. The van der Waals surface area contributed by atoms with Crippen molar-refractivity contribution in [1.29, 1.82) is 0 Å². The summed E-state index contributed by atoms with van der Waals surface area (Å²) in [7, 11) is 0. The minimum absolute atomic E-state index is 0.212. The normalized spacial score (nSPS) is 12.8. The molecule has 4 rings (SSSR count). The van der Waals surface area contributed by atoms with Gasteiger partial charge < -0.3 is 4.40 Å². The fourth-order valence-electron chi connectivity index (χ4n) is 3.19. The molecule has 0 atom stereocenters. The molecule has 0 spiro atoms. The number of aromatic nitrogens is 4. The van der Waals surface area contributed by atoms with E-state index in [0.717, 1.165) is 11.8 Å². The van der Waals surface area contributed by atoms with E-state index in [-0.39, 0.29) is 16.7 Å². The molecular weight excluding hydrogens is 414 g/mol. The van der Waals surface area contributed by atoms with Gasteiger partial charge in [0.25, 0.3) is 5.56 Å². The van der Waals surface area contributed by atoms with Crippen molar-refractivity contribution in [3.63, 3.8) is 0 Å². The molecule has 0 N–H and O–H groups in total. The molecule has 0 aliphatic carbocycles. The number of halogens is 6. The Hall–Kier alpha value is -3.37. The van der Waals surface area contributed by atoms with Crippen LogP contribution in [0, 0.1) is 6.92 Å². The maximum absolute atomic E-state index is 13.3. The van der Waals surface area contributed by atoms with Gasteiger partial charge in [-0.05, 0) is 37.3 Å². The summed E-state index contributed by atoms with van der Waals surface area (Å²) in [6.07, 6.45) is -8.28. The Bertz CT molecular complexity index is 1330. The SMILES string of the molecule is Cc1cccc2nc(Cn3c(=O)c(C(F)(F)F)nc4ccc(C(F)(F)F)cc43)cn12. The van der Waals surface area contributed by atoms with Crippen LogP contribution in [0.1, 0.15) is 22.6 Å². The molecule has 4 aromatic rings. The van der Waals surface area contributed by atoms with Gasteiger partial charge in [0.1, 0.15) is 5.65 Å². The van der Waals surface area contributed by atoms with Crippen LogP contribution in [-0.4, -0.2) is 18.9 Å². The molecule has 3 heterocycles. The number of nitrogens with zero attached hydrogens (tertiary/aromatic N) is 4. The second kappa shape index (κ2) is 6.57. The third-order valence-corrected chi connectivity index (χ3v) is 4.61. The molecule has 1 aromatic carbocycles. The number of aryl methyl sites for hydroxylation is 1. The van der Waals surface area contributed by atoms with Crippen LogP contribution in [0.15, 0.2) is 47.4 Å². The van der Waals surface area contributed by atoms with E-state index in [1.807, 2.05) is 0 Å². The predicted molar refractivity (Wildman–Crippen MR) is 95.0 cm³/mol. The Morgan fingerprint density at radius 2 is 1.70 bits per heavy atom. The van der Waals surface area contributed by atoms with E-state index in [1.165, 1.54) is 6.20 Å². The molecule has 3 aromatic heterocycles. The fourth-order valence-corrected chi connectivity index (χ4v) is 3.19. The second-order valence-electron chi connectivity index (χ2n) is 6.68. The van der Waals surface area contributed by atoms with Gasteiger partial charge >= 0.3 is 12.4 Å². The van der Waals surface area contributed by atoms with Crippen molar-refractivity contribution in [2.75, 3.05) is 0 Å². The highest BCUT2D eigenvalue weighted by atomic mass is 19.4. The van der Waals surface area contributed by atoms with Gasteiger partial charge in [-0.1, -0.05) is 6.07 Å². The number of hydrogen-bond acceptors (Lipinski definition) is 3. The molecule has 0 aliphatic heterocycles. The zero-order chi connectivity index (χ0) is 21.8. The Kier molecular flexibility index (Phi) is 4.37. The lowest BCUT2D eigenvalue weighted by Crippen LogP contribution is -2.31. The molecule has 0 radical (unpaired) electrons. The first-order valence-corrected chi connectivity index (χ1v) is 8.58. The largest absolute Gasteiger partial charge is 0.438 e. The molecule has 0 saturated heterocycles. The molecule has 11 heteroatoms. The first kappa shape index (κ1) is 19.9. The lowest BCUT2D eigenvalue weighted by Gasteiger charge is -2.14. The number of pyridine rings is 1. The van der Waals surface area contributed by atoms with Crippen molar-refractivity contribution in [3.05, 3.63) is 75.6 Å². The molecule has 0 unspecified atom stereocenters.